The molecule has 4 heterocycles. The lowest BCUT2D eigenvalue weighted by Crippen LogP contribution is -2.59. The number of carbonyl (C=O) groups is 2. The average Bonchev–Trinajstić information content (AvgIpc) is 3.33. The molecule has 0 saturated carbocycles. The lowest BCUT2D eigenvalue weighted by Gasteiger charge is -2.45. The van der Waals surface area contributed by atoms with Crippen LogP contribution in [0.25, 0.3) is 16.6 Å². The number of hydrogen-bond donors (Lipinski definition) is 1. The van der Waals surface area contributed by atoms with Crippen molar-refractivity contribution in [2.24, 2.45) is 0 Å². The second-order valence-corrected chi connectivity index (χ2v) is 12.3. The molecule has 2 atom stereocenters. The summed E-state index contributed by atoms with van der Waals surface area (Å²) in [6.45, 7) is 10.5. The average molecular weight is 662 g/mol. The van der Waals surface area contributed by atoms with Gasteiger partial charge in [0.25, 0.3) is 5.91 Å². The van der Waals surface area contributed by atoms with Crippen molar-refractivity contribution in [2.45, 2.75) is 65.6 Å². The fraction of sp³-hybridized carbons (Fsp3) is 0.452. The number of halogens is 4. The first-order chi connectivity index (χ1) is 22.0. The van der Waals surface area contributed by atoms with Gasteiger partial charge in [-0.2, -0.15) is 4.98 Å². The Morgan fingerprint density at radius 3 is 2.40 bits per heavy atom. The molecule has 0 unspecified atom stereocenters. The number of carbonyl (C=O) groups excluding carboxylic acids is 2. The molecule has 3 aromatic heterocycles. The molecule has 4 aromatic rings. The van der Waals surface area contributed by atoms with Crippen LogP contribution >= 0.6 is 0 Å². The number of ether oxygens (including phenoxy) is 3. The van der Waals surface area contributed by atoms with Gasteiger partial charge < -0.3 is 24.1 Å². The SMILES string of the molecule is Cc1cn2cc(NC(=O)c3ccc(N4C[C@@H](C)N(C(=O)OC(C)(C)C)[C@@H](C)C4)c4cnc(OCCOC(F)(F)F)nc34)cc(F)c2n1. The molecule has 1 saturated heterocycles. The van der Waals surface area contributed by atoms with Crippen LogP contribution in [0, 0.1) is 12.7 Å². The number of imidazole rings is 1. The fourth-order valence-electron chi connectivity index (χ4n) is 5.55. The van der Waals surface area contributed by atoms with Crippen molar-refractivity contribution >= 4 is 39.9 Å². The molecule has 252 valence electrons. The highest BCUT2D eigenvalue weighted by molar-refractivity contribution is 6.13. The number of aromatic nitrogens is 4. The standard InChI is InChI=1S/C31H35F4N7O5/c1-17-13-41-16-20(11-23(32)26(41)37-17)38-27(43)21-7-8-24(22-12-36-28(39-25(21)22)45-9-10-46-31(33,34)35)40-14-18(2)42(19(3)15-40)29(44)47-30(4,5)6/h7-8,11-13,16,18-19H,9-10,14-15H2,1-6H3,(H,38,43)/t18-,19+. The van der Waals surface area contributed by atoms with Gasteiger partial charge in [0.05, 0.1) is 41.2 Å². The predicted molar refractivity (Wildman–Crippen MR) is 164 cm³/mol. The van der Waals surface area contributed by atoms with E-state index in [1.807, 2.05) is 18.7 Å². The second-order valence-electron chi connectivity index (χ2n) is 12.3. The number of hydrogen-bond acceptors (Lipinski definition) is 9. The number of amides is 2. The summed E-state index contributed by atoms with van der Waals surface area (Å²) in [5.74, 6) is -1.26. The molecular formula is C31H35F4N7O5. The quantitative estimate of drug-likeness (QED) is 0.196. The number of benzene rings is 1. The predicted octanol–water partition coefficient (Wildman–Crippen LogP) is 5.73. The number of aryl methyl sites for hydroxylation is 1. The number of pyridine rings is 1. The molecule has 1 N–H and O–H groups in total. The minimum absolute atomic E-state index is 0.0818. The summed E-state index contributed by atoms with van der Waals surface area (Å²) in [6, 6.07) is 3.65. The lowest BCUT2D eigenvalue weighted by molar-refractivity contribution is -0.325. The molecule has 0 radical (unpaired) electrons. The third-order valence-corrected chi connectivity index (χ3v) is 7.28. The Bertz CT molecular complexity index is 1800. The van der Waals surface area contributed by atoms with Gasteiger partial charge in [0.15, 0.2) is 11.5 Å². The van der Waals surface area contributed by atoms with Crippen LogP contribution in [-0.2, 0) is 9.47 Å². The van der Waals surface area contributed by atoms with Gasteiger partial charge in [-0.15, -0.1) is 13.2 Å². The Morgan fingerprint density at radius 2 is 1.74 bits per heavy atom. The van der Waals surface area contributed by atoms with Crippen molar-refractivity contribution in [3.8, 4) is 6.01 Å². The van der Waals surface area contributed by atoms with Crippen LogP contribution in [0.15, 0.2) is 36.8 Å². The van der Waals surface area contributed by atoms with Gasteiger partial charge in [-0.25, -0.2) is 19.2 Å². The van der Waals surface area contributed by atoms with Crippen molar-refractivity contribution in [3.05, 3.63) is 53.9 Å². The molecule has 12 nitrogen and oxygen atoms in total. The van der Waals surface area contributed by atoms with Crippen LogP contribution < -0.4 is 15.0 Å². The minimum atomic E-state index is -4.83. The Balaban J connectivity index is 1.46. The molecule has 1 fully saturated rings. The number of nitrogens with one attached hydrogen (secondary N) is 1. The number of rotatable bonds is 7. The van der Waals surface area contributed by atoms with Gasteiger partial charge in [0.2, 0.25) is 0 Å². The van der Waals surface area contributed by atoms with E-state index in [2.05, 4.69) is 25.0 Å². The van der Waals surface area contributed by atoms with Gasteiger partial charge in [-0.3, -0.25) is 14.4 Å². The maximum atomic E-state index is 14.7. The summed E-state index contributed by atoms with van der Waals surface area (Å²) < 4.78 is 68.1. The molecule has 1 aromatic carbocycles. The molecular weight excluding hydrogens is 626 g/mol. The first-order valence-electron chi connectivity index (χ1n) is 14.8. The number of fused-ring (bicyclic) bond motifs is 2. The number of alkyl halides is 3. The number of nitrogens with zero attached hydrogens (tertiary/aromatic N) is 6. The van der Waals surface area contributed by atoms with Crippen LogP contribution in [0.1, 0.15) is 50.7 Å². The monoisotopic (exact) mass is 661 g/mol. The van der Waals surface area contributed by atoms with E-state index >= 15 is 0 Å². The summed E-state index contributed by atoms with van der Waals surface area (Å²) in [6.07, 6.45) is -0.696. The topological polar surface area (TPSA) is 123 Å². The van der Waals surface area contributed by atoms with E-state index in [0.717, 1.165) is 6.07 Å². The zero-order valence-corrected chi connectivity index (χ0v) is 26.7. The van der Waals surface area contributed by atoms with Gasteiger partial charge in [-0.05, 0) is 53.7 Å². The van der Waals surface area contributed by atoms with Gasteiger partial charge in [0, 0.05) is 48.8 Å². The van der Waals surface area contributed by atoms with Crippen molar-refractivity contribution in [1.82, 2.24) is 24.3 Å². The molecule has 2 amide bonds. The van der Waals surface area contributed by atoms with Crippen LogP contribution in [0.4, 0.5) is 33.7 Å². The Morgan fingerprint density at radius 1 is 1.04 bits per heavy atom. The van der Waals surface area contributed by atoms with E-state index in [4.69, 9.17) is 9.47 Å². The summed E-state index contributed by atoms with van der Waals surface area (Å²) >= 11 is 0. The molecule has 0 aliphatic carbocycles. The minimum Gasteiger partial charge on any atom is -0.461 e. The van der Waals surface area contributed by atoms with E-state index in [1.165, 1.54) is 16.8 Å². The van der Waals surface area contributed by atoms with Gasteiger partial charge >= 0.3 is 18.5 Å². The molecule has 0 spiro atoms. The highest BCUT2D eigenvalue weighted by atomic mass is 19.4. The van der Waals surface area contributed by atoms with Crippen LogP contribution in [-0.4, -0.2) is 86.6 Å². The smallest absolute Gasteiger partial charge is 0.461 e. The molecule has 16 heteroatoms. The fourth-order valence-corrected chi connectivity index (χ4v) is 5.55. The first-order valence-corrected chi connectivity index (χ1v) is 14.8. The molecule has 5 rings (SSSR count). The van der Waals surface area contributed by atoms with Gasteiger partial charge in [0.1, 0.15) is 12.2 Å². The number of anilines is 2. The third kappa shape index (κ3) is 7.81. The normalized spacial score (nSPS) is 17.3. The first kappa shape index (κ1) is 33.6. The second kappa shape index (κ2) is 12.8. The highest BCUT2D eigenvalue weighted by Gasteiger charge is 2.36. The lowest BCUT2D eigenvalue weighted by atomic mass is 10.0. The van der Waals surface area contributed by atoms with Crippen molar-refractivity contribution in [1.29, 1.82) is 0 Å². The molecule has 47 heavy (non-hydrogen) atoms. The molecule has 1 aliphatic rings. The number of piperazine rings is 1. The summed E-state index contributed by atoms with van der Waals surface area (Å²) in [7, 11) is 0. The summed E-state index contributed by atoms with van der Waals surface area (Å²) in [5, 5.41) is 3.14. The zero-order valence-electron chi connectivity index (χ0n) is 26.7. The third-order valence-electron chi connectivity index (χ3n) is 7.28. The van der Waals surface area contributed by atoms with Crippen molar-refractivity contribution in [3.63, 3.8) is 0 Å². The highest BCUT2D eigenvalue weighted by Crippen LogP contribution is 2.33. The Labute approximate surface area is 267 Å². The van der Waals surface area contributed by atoms with E-state index in [-0.39, 0.29) is 40.5 Å². The Kier molecular flexibility index (Phi) is 9.17. The summed E-state index contributed by atoms with van der Waals surface area (Å²) in [5.41, 5.74) is 1.09. The van der Waals surface area contributed by atoms with Crippen molar-refractivity contribution in [2.75, 3.05) is 36.5 Å². The van der Waals surface area contributed by atoms with Crippen LogP contribution in [0.2, 0.25) is 0 Å². The molecule has 1 aliphatic heterocycles. The van der Waals surface area contributed by atoms with Crippen LogP contribution in [0.3, 0.4) is 0 Å². The maximum Gasteiger partial charge on any atom is 0.522 e. The molecule has 0 bridgehead atoms. The van der Waals surface area contributed by atoms with Crippen LogP contribution in [0.5, 0.6) is 6.01 Å². The zero-order chi connectivity index (χ0) is 34.3. The van der Waals surface area contributed by atoms with E-state index in [1.54, 1.807) is 50.9 Å². The van der Waals surface area contributed by atoms with Gasteiger partial charge in [-0.1, -0.05) is 0 Å². The van der Waals surface area contributed by atoms with E-state index in [0.29, 0.717) is 29.9 Å². The Hall–Kier alpha value is -4.73. The van der Waals surface area contributed by atoms with Crippen molar-refractivity contribution < 1.29 is 41.4 Å². The maximum absolute atomic E-state index is 14.7. The van der Waals surface area contributed by atoms with E-state index in [9.17, 15) is 27.2 Å². The summed E-state index contributed by atoms with van der Waals surface area (Å²) in [4.78, 5) is 43.0. The largest absolute Gasteiger partial charge is 0.522 e. The van der Waals surface area contributed by atoms with E-state index < -0.39 is 43.0 Å².